The molecule has 102 valence electrons. The monoisotopic (exact) mass is 262 g/mol. The van der Waals surface area contributed by atoms with Gasteiger partial charge in [0.2, 0.25) is 5.88 Å². The van der Waals surface area contributed by atoms with Crippen LogP contribution in [0, 0.1) is 0 Å². The van der Waals surface area contributed by atoms with Crippen molar-refractivity contribution in [3.05, 3.63) is 23.9 Å². The van der Waals surface area contributed by atoms with Crippen molar-refractivity contribution < 1.29 is 17.9 Å². The first-order valence-corrected chi connectivity index (χ1v) is 5.87. The Kier molecular flexibility index (Phi) is 5.91. The highest BCUT2D eigenvalue weighted by atomic mass is 19.4. The van der Waals surface area contributed by atoms with Gasteiger partial charge in [-0.3, -0.25) is 0 Å². The summed E-state index contributed by atoms with van der Waals surface area (Å²) in [6, 6.07) is 5.26. The highest BCUT2D eigenvalue weighted by Gasteiger charge is 2.26. The van der Waals surface area contributed by atoms with Crippen molar-refractivity contribution in [2.45, 2.75) is 32.5 Å². The minimum Gasteiger partial charge on any atom is -0.478 e. The molecule has 0 spiro atoms. The van der Waals surface area contributed by atoms with Gasteiger partial charge in [-0.25, -0.2) is 4.98 Å². The Morgan fingerprint density at radius 3 is 2.78 bits per heavy atom. The van der Waals surface area contributed by atoms with Gasteiger partial charge in [-0.1, -0.05) is 13.0 Å². The Bertz CT molecular complexity index is 355. The predicted molar refractivity (Wildman–Crippen MR) is 62.4 cm³/mol. The van der Waals surface area contributed by atoms with Crippen LogP contribution in [-0.4, -0.2) is 24.3 Å². The van der Waals surface area contributed by atoms with Crippen LogP contribution in [0.5, 0.6) is 5.88 Å². The van der Waals surface area contributed by atoms with Gasteiger partial charge >= 0.3 is 6.18 Å². The van der Waals surface area contributed by atoms with E-state index in [1.807, 2.05) is 13.0 Å². The molecule has 0 amide bonds. The lowest BCUT2D eigenvalue weighted by molar-refractivity contribution is -0.136. The lowest BCUT2D eigenvalue weighted by atomic mass is 10.3. The van der Waals surface area contributed by atoms with E-state index in [0.717, 1.165) is 12.2 Å². The molecular formula is C12H17F3N2O. The van der Waals surface area contributed by atoms with E-state index in [1.165, 1.54) is 0 Å². The number of hydrogen-bond donors (Lipinski definition) is 1. The second-order valence-electron chi connectivity index (χ2n) is 3.81. The Morgan fingerprint density at radius 2 is 2.11 bits per heavy atom. The fourth-order valence-electron chi connectivity index (χ4n) is 1.34. The van der Waals surface area contributed by atoms with Crippen LogP contribution < -0.4 is 10.1 Å². The van der Waals surface area contributed by atoms with E-state index in [4.69, 9.17) is 4.74 Å². The van der Waals surface area contributed by atoms with Crippen molar-refractivity contribution >= 4 is 0 Å². The SMILES string of the molecule is CCNCc1cccc(OCCCC(F)(F)F)n1. The molecule has 1 heterocycles. The van der Waals surface area contributed by atoms with Crippen molar-refractivity contribution in [1.29, 1.82) is 0 Å². The molecule has 1 rings (SSSR count). The number of rotatable bonds is 7. The quantitative estimate of drug-likeness (QED) is 0.767. The van der Waals surface area contributed by atoms with Crippen molar-refractivity contribution in [2.24, 2.45) is 0 Å². The standard InChI is InChI=1S/C12H17F3N2O/c1-2-16-9-10-5-3-6-11(17-10)18-8-4-7-12(13,14)15/h3,5-6,16H,2,4,7-9H2,1H3. The molecule has 1 aromatic rings. The molecule has 18 heavy (non-hydrogen) atoms. The van der Waals surface area contributed by atoms with Crippen LogP contribution in [0.2, 0.25) is 0 Å². The number of nitrogens with one attached hydrogen (secondary N) is 1. The lowest BCUT2D eigenvalue weighted by Crippen LogP contribution is -2.13. The summed E-state index contributed by atoms with van der Waals surface area (Å²) < 4.78 is 40.9. The van der Waals surface area contributed by atoms with Gasteiger partial charge in [-0.15, -0.1) is 0 Å². The van der Waals surface area contributed by atoms with E-state index >= 15 is 0 Å². The lowest BCUT2D eigenvalue weighted by Gasteiger charge is -2.08. The number of pyridine rings is 1. The van der Waals surface area contributed by atoms with Crippen LogP contribution in [0.15, 0.2) is 18.2 Å². The molecule has 1 N–H and O–H groups in total. The van der Waals surface area contributed by atoms with Crippen molar-refractivity contribution in [3.8, 4) is 5.88 Å². The minimum absolute atomic E-state index is 0.0250. The molecule has 0 aliphatic rings. The molecule has 0 aliphatic heterocycles. The van der Waals surface area contributed by atoms with Gasteiger partial charge in [-0.05, 0) is 19.0 Å². The molecule has 0 saturated heterocycles. The third-order valence-electron chi connectivity index (χ3n) is 2.19. The summed E-state index contributed by atoms with van der Waals surface area (Å²) in [5, 5.41) is 3.11. The third-order valence-corrected chi connectivity index (χ3v) is 2.19. The predicted octanol–water partition coefficient (Wildman–Crippen LogP) is 2.91. The zero-order valence-electron chi connectivity index (χ0n) is 10.3. The van der Waals surface area contributed by atoms with Crippen LogP contribution in [0.25, 0.3) is 0 Å². The number of aromatic nitrogens is 1. The summed E-state index contributed by atoms with van der Waals surface area (Å²) in [4.78, 5) is 4.18. The second-order valence-corrected chi connectivity index (χ2v) is 3.81. The Hall–Kier alpha value is -1.30. The topological polar surface area (TPSA) is 34.1 Å². The summed E-state index contributed by atoms with van der Waals surface area (Å²) in [5.74, 6) is 0.368. The summed E-state index contributed by atoms with van der Waals surface area (Å²) in [6.45, 7) is 3.46. The number of ether oxygens (including phenoxy) is 1. The first-order valence-electron chi connectivity index (χ1n) is 5.87. The number of hydrogen-bond acceptors (Lipinski definition) is 3. The minimum atomic E-state index is -4.12. The van der Waals surface area contributed by atoms with Gasteiger partial charge in [-0.2, -0.15) is 13.2 Å². The number of halogens is 3. The van der Waals surface area contributed by atoms with E-state index < -0.39 is 12.6 Å². The Balaban J connectivity index is 2.33. The van der Waals surface area contributed by atoms with Crippen molar-refractivity contribution in [2.75, 3.05) is 13.2 Å². The fourth-order valence-corrected chi connectivity index (χ4v) is 1.34. The van der Waals surface area contributed by atoms with Crippen LogP contribution in [-0.2, 0) is 6.54 Å². The van der Waals surface area contributed by atoms with Gasteiger partial charge in [0.15, 0.2) is 0 Å². The highest BCUT2D eigenvalue weighted by Crippen LogP contribution is 2.21. The van der Waals surface area contributed by atoms with Gasteiger partial charge in [0.1, 0.15) is 0 Å². The first kappa shape index (κ1) is 14.8. The Labute approximate surface area is 104 Å². The molecule has 0 aliphatic carbocycles. The highest BCUT2D eigenvalue weighted by molar-refractivity contribution is 5.15. The zero-order chi connectivity index (χ0) is 13.4. The molecule has 0 saturated carbocycles. The molecule has 0 fully saturated rings. The van der Waals surface area contributed by atoms with E-state index in [9.17, 15) is 13.2 Å². The molecule has 6 heteroatoms. The third kappa shape index (κ3) is 6.44. The van der Waals surface area contributed by atoms with Gasteiger partial charge in [0.25, 0.3) is 0 Å². The number of nitrogens with zero attached hydrogens (tertiary/aromatic N) is 1. The van der Waals surface area contributed by atoms with Crippen LogP contribution in [0.3, 0.4) is 0 Å². The summed E-state index contributed by atoms with van der Waals surface area (Å²) in [6.07, 6.45) is -5.00. The zero-order valence-corrected chi connectivity index (χ0v) is 10.3. The van der Waals surface area contributed by atoms with E-state index in [-0.39, 0.29) is 13.0 Å². The average molecular weight is 262 g/mol. The van der Waals surface area contributed by atoms with Crippen molar-refractivity contribution in [3.63, 3.8) is 0 Å². The fraction of sp³-hybridized carbons (Fsp3) is 0.583. The van der Waals surface area contributed by atoms with Crippen LogP contribution in [0.4, 0.5) is 13.2 Å². The van der Waals surface area contributed by atoms with E-state index in [0.29, 0.717) is 12.4 Å². The summed E-state index contributed by atoms with van der Waals surface area (Å²) in [5.41, 5.74) is 0.810. The summed E-state index contributed by atoms with van der Waals surface area (Å²) in [7, 11) is 0. The maximum atomic E-state index is 11.9. The van der Waals surface area contributed by atoms with Gasteiger partial charge in [0.05, 0.1) is 12.3 Å². The molecular weight excluding hydrogens is 245 g/mol. The van der Waals surface area contributed by atoms with Gasteiger partial charge < -0.3 is 10.1 Å². The van der Waals surface area contributed by atoms with Crippen LogP contribution in [0.1, 0.15) is 25.5 Å². The normalized spacial score (nSPS) is 11.6. The number of alkyl halides is 3. The molecule has 0 unspecified atom stereocenters. The summed E-state index contributed by atoms with van der Waals surface area (Å²) >= 11 is 0. The van der Waals surface area contributed by atoms with E-state index in [2.05, 4.69) is 10.3 Å². The first-order chi connectivity index (χ1) is 8.51. The molecule has 0 radical (unpaired) electrons. The smallest absolute Gasteiger partial charge is 0.389 e. The molecule has 3 nitrogen and oxygen atoms in total. The Morgan fingerprint density at radius 1 is 1.33 bits per heavy atom. The second kappa shape index (κ2) is 7.20. The molecule has 1 aromatic heterocycles. The molecule has 0 atom stereocenters. The van der Waals surface area contributed by atoms with Crippen molar-refractivity contribution in [1.82, 2.24) is 10.3 Å². The molecule has 0 aromatic carbocycles. The largest absolute Gasteiger partial charge is 0.478 e. The van der Waals surface area contributed by atoms with E-state index in [1.54, 1.807) is 12.1 Å². The molecule has 0 bridgehead atoms. The maximum absolute atomic E-state index is 11.9. The average Bonchev–Trinajstić information content (AvgIpc) is 2.31. The van der Waals surface area contributed by atoms with Gasteiger partial charge in [0, 0.05) is 19.0 Å². The maximum Gasteiger partial charge on any atom is 0.389 e. The van der Waals surface area contributed by atoms with Crippen LogP contribution >= 0.6 is 0 Å².